The van der Waals surface area contributed by atoms with Crippen LogP contribution >= 0.6 is 0 Å². The summed E-state index contributed by atoms with van der Waals surface area (Å²) in [6.45, 7) is 2.90. The standard InChI is InChI=1S/C14H16FN3/c1-10-11(8-16-13-4-5-13)9-17-18(10)14-6-2-12(15)3-7-14/h2-3,6-7,9,13,16H,4-5,8H2,1H3. The lowest BCUT2D eigenvalue weighted by atomic mass is 10.2. The van der Waals surface area contributed by atoms with Crippen LogP contribution in [0.1, 0.15) is 24.1 Å². The molecule has 1 fully saturated rings. The topological polar surface area (TPSA) is 29.9 Å². The van der Waals surface area contributed by atoms with Gasteiger partial charge in [-0.2, -0.15) is 5.10 Å². The summed E-state index contributed by atoms with van der Waals surface area (Å²) in [4.78, 5) is 0. The number of halogens is 1. The predicted octanol–water partition coefficient (Wildman–Crippen LogP) is 2.57. The number of hydrogen-bond acceptors (Lipinski definition) is 2. The molecule has 4 heteroatoms. The molecule has 0 bridgehead atoms. The highest BCUT2D eigenvalue weighted by atomic mass is 19.1. The van der Waals surface area contributed by atoms with E-state index >= 15 is 0 Å². The largest absolute Gasteiger partial charge is 0.310 e. The van der Waals surface area contributed by atoms with Crippen LogP contribution < -0.4 is 5.32 Å². The third-order valence-electron chi connectivity index (χ3n) is 3.34. The summed E-state index contributed by atoms with van der Waals surface area (Å²) in [5, 5.41) is 7.84. The van der Waals surface area contributed by atoms with Crippen molar-refractivity contribution in [3.8, 4) is 5.69 Å². The molecule has 0 amide bonds. The summed E-state index contributed by atoms with van der Waals surface area (Å²) in [5.41, 5.74) is 3.20. The molecule has 1 aliphatic rings. The smallest absolute Gasteiger partial charge is 0.123 e. The number of rotatable bonds is 4. The van der Waals surface area contributed by atoms with Crippen LogP contribution in [0.25, 0.3) is 5.69 Å². The van der Waals surface area contributed by atoms with Gasteiger partial charge >= 0.3 is 0 Å². The highest BCUT2D eigenvalue weighted by molar-refractivity contribution is 5.34. The summed E-state index contributed by atoms with van der Waals surface area (Å²) < 4.78 is 14.7. The second kappa shape index (κ2) is 4.53. The van der Waals surface area contributed by atoms with Crippen LogP contribution in [0.3, 0.4) is 0 Å². The van der Waals surface area contributed by atoms with Crippen LogP contribution in [0.2, 0.25) is 0 Å². The molecule has 0 saturated heterocycles. The van der Waals surface area contributed by atoms with Gasteiger partial charge < -0.3 is 5.32 Å². The summed E-state index contributed by atoms with van der Waals surface area (Å²) in [6, 6.07) is 7.09. The normalized spacial score (nSPS) is 15.0. The van der Waals surface area contributed by atoms with Crippen molar-refractivity contribution < 1.29 is 4.39 Å². The van der Waals surface area contributed by atoms with Gasteiger partial charge in [0, 0.05) is 23.8 Å². The number of aromatic nitrogens is 2. The molecule has 1 aliphatic carbocycles. The Labute approximate surface area is 106 Å². The van der Waals surface area contributed by atoms with Gasteiger partial charge in [-0.15, -0.1) is 0 Å². The molecule has 1 heterocycles. The van der Waals surface area contributed by atoms with Gasteiger partial charge in [-0.25, -0.2) is 9.07 Å². The van der Waals surface area contributed by atoms with Crippen molar-refractivity contribution in [3.63, 3.8) is 0 Å². The van der Waals surface area contributed by atoms with Crippen LogP contribution in [-0.4, -0.2) is 15.8 Å². The van der Waals surface area contributed by atoms with E-state index in [9.17, 15) is 4.39 Å². The van der Waals surface area contributed by atoms with E-state index in [-0.39, 0.29) is 5.82 Å². The van der Waals surface area contributed by atoms with Crippen molar-refractivity contribution >= 4 is 0 Å². The molecule has 3 rings (SSSR count). The van der Waals surface area contributed by atoms with Crippen LogP contribution in [0.5, 0.6) is 0 Å². The molecule has 0 radical (unpaired) electrons. The first-order chi connectivity index (χ1) is 8.74. The average molecular weight is 245 g/mol. The van der Waals surface area contributed by atoms with Crippen molar-refractivity contribution in [2.45, 2.75) is 32.4 Å². The van der Waals surface area contributed by atoms with E-state index < -0.39 is 0 Å². The molecule has 0 atom stereocenters. The van der Waals surface area contributed by atoms with Crippen LogP contribution in [-0.2, 0) is 6.54 Å². The molecular formula is C14H16FN3. The minimum atomic E-state index is -0.223. The van der Waals surface area contributed by atoms with E-state index in [0.29, 0.717) is 6.04 Å². The Hall–Kier alpha value is -1.68. The quantitative estimate of drug-likeness (QED) is 0.897. The van der Waals surface area contributed by atoms with Gasteiger partial charge in [-0.05, 0) is 44.0 Å². The molecule has 94 valence electrons. The molecule has 1 aromatic carbocycles. The van der Waals surface area contributed by atoms with E-state index in [4.69, 9.17) is 0 Å². The number of benzene rings is 1. The lowest BCUT2D eigenvalue weighted by Crippen LogP contribution is -2.15. The third kappa shape index (κ3) is 2.29. The third-order valence-corrected chi connectivity index (χ3v) is 3.34. The van der Waals surface area contributed by atoms with Gasteiger partial charge in [0.05, 0.1) is 11.9 Å². The minimum absolute atomic E-state index is 0.223. The Bertz CT molecular complexity index is 541. The van der Waals surface area contributed by atoms with Crippen LogP contribution in [0, 0.1) is 12.7 Å². The highest BCUT2D eigenvalue weighted by Gasteiger charge is 2.20. The fraction of sp³-hybridized carbons (Fsp3) is 0.357. The Kier molecular flexibility index (Phi) is 2.88. The van der Waals surface area contributed by atoms with Crippen LogP contribution in [0.15, 0.2) is 30.5 Å². The second-order valence-corrected chi connectivity index (χ2v) is 4.80. The second-order valence-electron chi connectivity index (χ2n) is 4.80. The summed E-state index contributed by atoms with van der Waals surface area (Å²) >= 11 is 0. The molecule has 1 N–H and O–H groups in total. The van der Waals surface area contributed by atoms with Gasteiger partial charge in [-0.3, -0.25) is 0 Å². The average Bonchev–Trinajstić information content (AvgIpc) is 3.13. The summed E-state index contributed by atoms with van der Waals surface area (Å²) in [7, 11) is 0. The molecule has 3 nitrogen and oxygen atoms in total. The maximum absolute atomic E-state index is 12.9. The van der Waals surface area contributed by atoms with E-state index in [2.05, 4.69) is 10.4 Å². The van der Waals surface area contributed by atoms with Crippen molar-refractivity contribution in [2.75, 3.05) is 0 Å². The zero-order valence-electron chi connectivity index (χ0n) is 10.4. The van der Waals surface area contributed by atoms with E-state index in [1.54, 1.807) is 12.1 Å². The Morgan fingerprint density at radius 2 is 2.06 bits per heavy atom. The summed E-state index contributed by atoms with van der Waals surface area (Å²) in [6.07, 6.45) is 4.45. The van der Waals surface area contributed by atoms with Gasteiger partial charge in [0.1, 0.15) is 5.82 Å². The van der Waals surface area contributed by atoms with E-state index in [1.165, 1.54) is 30.5 Å². The number of nitrogens with zero attached hydrogens (tertiary/aromatic N) is 2. The molecule has 0 aliphatic heterocycles. The van der Waals surface area contributed by atoms with Crippen molar-refractivity contribution in [1.29, 1.82) is 0 Å². The lowest BCUT2D eigenvalue weighted by Gasteiger charge is -2.06. The van der Waals surface area contributed by atoms with Crippen molar-refractivity contribution in [2.24, 2.45) is 0 Å². The van der Waals surface area contributed by atoms with Crippen LogP contribution in [0.4, 0.5) is 4.39 Å². The monoisotopic (exact) mass is 245 g/mol. The zero-order chi connectivity index (χ0) is 12.5. The Balaban J connectivity index is 1.81. The first kappa shape index (κ1) is 11.4. The van der Waals surface area contributed by atoms with Gasteiger partial charge in [0.15, 0.2) is 0 Å². The number of hydrogen-bond donors (Lipinski definition) is 1. The molecule has 1 saturated carbocycles. The van der Waals surface area contributed by atoms with Crippen molar-refractivity contribution in [3.05, 3.63) is 47.5 Å². The predicted molar refractivity (Wildman–Crippen MR) is 68.1 cm³/mol. The fourth-order valence-electron chi connectivity index (χ4n) is 2.00. The maximum atomic E-state index is 12.9. The van der Waals surface area contributed by atoms with Gasteiger partial charge in [0.25, 0.3) is 0 Å². The molecule has 1 aromatic heterocycles. The van der Waals surface area contributed by atoms with E-state index in [1.807, 2.05) is 17.8 Å². The van der Waals surface area contributed by atoms with Gasteiger partial charge in [0.2, 0.25) is 0 Å². The van der Waals surface area contributed by atoms with Crippen molar-refractivity contribution in [1.82, 2.24) is 15.1 Å². The Morgan fingerprint density at radius 1 is 1.33 bits per heavy atom. The maximum Gasteiger partial charge on any atom is 0.123 e. The highest BCUT2D eigenvalue weighted by Crippen LogP contribution is 2.20. The minimum Gasteiger partial charge on any atom is -0.310 e. The molecule has 0 spiro atoms. The van der Waals surface area contributed by atoms with Gasteiger partial charge in [-0.1, -0.05) is 0 Å². The van der Waals surface area contributed by atoms with E-state index in [0.717, 1.165) is 17.9 Å². The molecule has 18 heavy (non-hydrogen) atoms. The SMILES string of the molecule is Cc1c(CNC2CC2)cnn1-c1ccc(F)cc1. The molecular weight excluding hydrogens is 229 g/mol. The zero-order valence-corrected chi connectivity index (χ0v) is 10.4. The first-order valence-corrected chi connectivity index (χ1v) is 6.27. The molecule has 2 aromatic rings. The lowest BCUT2D eigenvalue weighted by molar-refractivity contribution is 0.627. The number of nitrogens with one attached hydrogen (secondary N) is 1. The first-order valence-electron chi connectivity index (χ1n) is 6.27. The molecule has 0 unspecified atom stereocenters. The summed E-state index contributed by atoms with van der Waals surface area (Å²) in [5.74, 6) is -0.223. The Morgan fingerprint density at radius 3 is 2.72 bits per heavy atom. The fourth-order valence-corrected chi connectivity index (χ4v) is 2.00.